The van der Waals surface area contributed by atoms with Crippen molar-refractivity contribution in [2.24, 2.45) is 0 Å². The van der Waals surface area contributed by atoms with E-state index >= 15 is 0 Å². The summed E-state index contributed by atoms with van der Waals surface area (Å²) in [6, 6.07) is 0. The molecular formula is C7H6Cl2N4O6. The molecule has 0 aromatic carbocycles. The lowest BCUT2D eigenvalue weighted by Gasteiger charge is -2.14. The van der Waals surface area contributed by atoms with E-state index in [1.807, 2.05) is 0 Å². The van der Waals surface area contributed by atoms with Crippen molar-refractivity contribution in [3.63, 3.8) is 0 Å². The van der Waals surface area contributed by atoms with Crippen molar-refractivity contribution >= 4 is 35.1 Å². The number of methoxy groups -OCH3 is 2. The van der Waals surface area contributed by atoms with Crippen LogP contribution in [0, 0.1) is 10.4 Å². The lowest BCUT2D eigenvalue weighted by Crippen LogP contribution is -2.56. The molecule has 104 valence electrons. The second kappa shape index (κ2) is 5.36. The molecule has 0 bridgehead atoms. The summed E-state index contributed by atoms with van der Waals surface area (Å²) in [5.41, 5.74) is -1.76. The average Bonchev–Trinajstić information content (AvgIpc) is 2.35. The van der Waals surface area contributed by atoms with Gasteiger partial charge in [0.1, 0.15) is 4.96 Å². The number of halogens is 2. The molecular weight excluding hydrogens is 307 g/mol. The molecule has 1 aromatic rings. The highest BCUT2D eigenvalue weighted by Gasteiger charge is 2.49. The monoisotopic (exact) mass is 312 g/mol. The van der Waals surface area contributed by atoms with Crippen molar-refractivity contribution < 1.29 is 28.9 Å². The van der Waals surface area contributed by atoms with Crippen molar-refractivity contribution in [1.82, 2.24) is 10.3 Å². The third kappa shape index (κ3) is 2.74. The summed E-state index contributed by atoms with van der Waals surface area (Å²) in [4.78, 5) is 21.9. The van der Waals surface area contributed by atoms with Crippen LogP contribution in [0.5, 0.6) is 0 Å². The number of carbonyl (C=O) groups excluding carboxylic acids is 2. The Balaban J connectivity index is 3.57. The number of hydrogen-bond acceptors (Lipinski definition) is 8. The number of carbonyl (C=O) groups is 2. The summed E-state index contributed by atoms with van der Waals surface area (Å²) in [6.07, 6.45) is 0. The molecule has 0 atom stereocenters. The van der Waals surface area contributed by atoms with Crippen LogP contribution in [0.1, 0.15) is 16.2 Å². The molecule has 10 nitrogen and oxygen atoms in total. The quantitative estimate of drug-likeness (QED) is 0.280. The van der Waals surface area contributed by atoms with Gasteiger partial charge in [0.25, 0.3) is 4.33 Å². The molecule has 0 radical (unpaired) electrons. The number of ether oxygens (including phenoxy) is 2. The standard InChI is InChI=1S/C7H6Cl2N4O6/c1-18-5(14)3-4(7(8,9)6(15)19-2)10-13(17)11-12(3)16/h1-2H3. The highest BCUT2D eigenvalue weighted by molar-refractivity contribution is 6.56. The molecule has 0 spiro atoms. The lowest BCUT2D eigenvalue weighted by atomic mass is 10.2. The van der Waals surface area contributed by atoms with Crippen LogP contribution in [-0.4, -0.2) is 36.5 Å². The second-order valence-corrected chi connectivity index (χ2v) is 4.30. The molecule has 0 fully saturated rings. The molecule has 0 amide bonds. The van der Waals surface area contributed by atoms with Gasteiger partial charge in [-0.15, -0.1) is 0 Å². The van der Waals surface area contributed by atoms with E-state index in [0.717, 1.165) is 14.2 Å². The first-order valence-corrected chi connectivity index (χ1v) is 5.18. The van der Waals surface area contributed by atoms with E-state index in [4.69, 9.17) is 23.2 Å². The summed E-state index contributed by atoms with van der Waals surface area (Å²) in [5.74, 6) is -2.49. The Morgan fingerprint density at radius 1 is 1.26 bits per heavy atom. The maximum Gasteiger partial charge on any atom is 0.410 e. The summed E-state index contributed by atoms with van der Waals surface area (Å²) in [7, 11) is 1.91. The average molecular weight is 313 g/mol. The van der Waals surface area contributed by atoms with Crippen LogP contribution in [0.15, 0.2) is 0 Å². The van der Waals surface area contributed by atoms with E-state index in [9.17, 15) is 20.0 Å². The van der Waals surface area contributed by atoms with E-state index in [-0.39, 0.29) is 0 Å². The molecule has 0 N–H and O–H groups in total. The largest absolute Gasteiger partial charge is 0.589 e. The van der Waals surface area contributed by atoms with Crippen molar-refractivity contribution in [2.45, 2.75) is 4.33 Å². The van der Waals surface area contributed by atoms with E-state index in [2.05, 4.69) is 19.8 Å². The van der Waals surface area contributed by atoms with Gasteiger partial charge in [-0.1, -0.05) is 23.2 Å². The second-order valence-electron chi connectivity index (χ2n) is 2.97. The Morgan fingerprint density at radius 2 is 1.84 bits per heavy atom. The molecule has 0 aliphatic heterocycles. The zero-order valence-electron chi connectivity index (χ0n) is 9.49. The molecule has 19 heavy (non-hydrogen) atoms. The Kier molecular flexibility index (Phi) is 4.27. The topological polar surface area (TPSA) is 132 Å². The predicted molar refractivity (Wildman–Crippen MR) is 56.7 cm³/mol. The smallest absolute Gasteiger partial charge is 0.410 e. The zero-order valence-corrected chi connectivity index (χ0v) is 11.0. The number of alkyl halides is 2. The van der Waals surface area contributed by atoms with Crippen LogP contribution in [0.3, 0.4) is 0 Å². The molecule has 0 unspecified atom stereocenters. The number of nitrogens with zero attached hydrogens (tertiary/aromatic N) is 4. The number of hydrogen-bond donors (Lipinski definition) is 0. The van der Waals surface area contributed by atoms with E-state index in [1.165, 1.54) is 0 Å². The number of aromatic nitrogens is 4. The fourth-order valence-electron chi connectivity index (χ4n) is 1.07. The van der Waals surface area contributed by atoms with Crippen LogP contribution in [0.2, 0.25) is 0 Å². The summed E-state index contributed by atoms with van der Waals surface area (Å²) < 4.78 is 6.01. The maximum absolute atomic E-state index is 11.4. The van der Waals surface area contributed by atoms with Crippen LogP contribution >= 0.6 is 23.2 Å². The minimum absolute atomic E-state index is 0.413. The molecule has 0 saturated heterocycles. The van der Waals surface area contributed by atoms with Crippen molar-refractivity contribution in [3.8, 4) is 0 Å². The highest BCUT2D eigenvalue weighted by atomic mass is 35.5. The normalized spacial score (nSPS) is 10.9. The summed E-state index contributed by atoms with van der Waals surface area (Å²) in [5, 5.41) is 28.2. The Morgan fingerprint density at radius 3 is 2.32 bits per heavy atom. The van der Waals surface area contributed by atoms with Crippen LogP contribution in [-0.2, 0) is 18.6 Å². The Hall–Kier alpha value is -1.94. The van der Waals surface area contributed by atoms with Gasteiger partial charge < -0.3 is 19.9 Å². The number of rotatable bonds is 3. The van der Waals surface area contributed by atoms with E-state index < -0.39 is 37.5 Å². The van der Waals surface area contributed by atoms with Gasteiger partial charge in [0, 0.05) is 4.85 Å². The molecule has 0 aliphatic carbocycles. The van der Waals surface area contributed by atoms with Crippen LogP contribution in [0.4, 0.5) is 0 Å². The summed E-state index contributed by atoms with van der Waals surface area (Å²) >= 11 is 11.3. The minimum atomic E-state index is -2.56. The van der Waals surface area contributed by atoms with Crippen LogP contribution in [0.25, 0.3) is 0 Å². The van der Waals surface area contributed by atoms with Gasteiger partial charge in [-0.05, 0) is 0 Å². The van der Waals surface area contributed by atoms with Crippen molar-refractivity contribution in [2.75, 3.05) is 14.2 Å². The summed E-state index contributed by atoms with van der Waals surface area (Å²) in [6.45, 7) is 0. The molecule has 0 aliphatic rings. The van der Waals surface area contributed by atoms with Gasteiger partial charge in [-0.25, -0.2) is 9.59 Å². The van der Waals surface area contributed by atoms with Crippen molar-refractivity contribution in [1.29, 1.82) is 0 Å². The van der Waals surface area contributed by atoms with Gasteiger partial charge in [-0.3, -0.25) is 0 Å². The fourth-order valence-corrected chi connectivity index (χ4v) is 1.47. The minimum Gasteiger partial charge on any atom is -0.589 e. The molecule has 12 heteroatoms. The van der Waals surface area contributed by atoms with E-state index in [1.54, 1.807) is 0 Å². The fraction of sp³-hybridized carbons (Fsp3) is 0.429. The SMILES string of the molecule is COC(=O)c1c(C(Cl)(Cl)C(=O)OC)n[n+]([O-])n[n+]1[O-]. The molecule has 1 rings (SSSR count). The third-order valence-corrected chi connectivity index (χ3v) is 2.54. The lowest BCUT2D eigenvalue weighted by molar-refractivity contribution is -0.877. The van der Waals surface area contributed by atoms with E-state index in [0.29, 0.717) is 0 Å². The highest BCUT2D eigenvalue weighted by Crippen LogP contribution is 2.34. The Bertz CT molecular complexity index is 537. The Labute approximate surface area is 115 Å². The van der Waals surface area contributed by atoms with Gasteiger partial charge in [0.2, 0.25) is 5.69 Å². The number of esters is 2. The third-order valence-electron chi connectivity index (χ3n) is 1.88. The predicted octanol–water partition coefficient (Wildman–Crippen LogP) is -1.67. The molecule has 1 aromatic heterocycles. The molecule has 0 saturated carbocycles. The maximum atomic E-state index is 11.4. The first-order chi connectivity index (χ1) is 8.75. The van der Waals surface area contributed by atoms with Crippen LogP contribution < -0.4 is 9.80 Å². The van der Waals surface area contributed by atoms with Crippen molar-refractivity contribution in [3.05, 3.63) is 21.8 Å². The first kappa shape index (κ1) is 15.1. The van der Waals surface area contributed by atoms with Gasteiger partial charge in [0.15, 0.2) is 0 Å². The van der Waals surface area contributed by atoms with Gasteiger partial charge >= 0.3 is 22.8 Å². The first-order valence-electron chi connectivity index (χ1n) is 4.42. The molecule has 1 heterocycles. The zero-order chi connectivity index (χ0) is 14.8. The van der Waals surface area contributed by atoms with Gasteiger partial charge in [0.05, 0.1) is 19.3 Å². The van der Waals surface area contributed by atoms with Gasteiger partial charge in [-0.2, -0.15) is 0 Å².